The van der Waals surface area contributed by atoms with Crippen molar-refractivity contribution < 1.29 is 18.0 Å². The summed E-state index contributed by atoms with van der Waals surface area (Å²) >= 11 is 0. The maximum atomic E-state index is 13.0. The Morgan fingerprint density at radius 1 is 0.875 bits per heavy atom. The third kappa shape index (κ3) is 6.52. The molecule has 0 saturated carbocycles. The van der Waals surface area contributed by atoms with E-state index in [-0.39, 0.29) is 24.1 Å². The third-order valence-electron chi connectivity index (χ3n) is 6.70. The summed E-state index contributed by atoms with van der Waals surface area (Å²) < 4.78 is 27.1. The van der Waals surface area contributed by atoms with Gasteiger partial charge in [0.25, 0.3) is 5.91 Å². The molecule has 210 valence electrons. The first-order chi connectivity index (χ1) is 19.1. The second kappa shape index (κ2) is 12.4. The smallest absolute Gasteiger partial charge is 0.258 e. The highest BCUT2D eigenvalue weighted by Crippen LogP contribution is 2.37. The van der Waals surface area contributed by atoms with Crippen molar-refractivity contribution in [3.05, 3.63) is 90.0 Å². The molecule has 0 bridgehead atoms. The van der Waals surface area contributed by atoms with E-state index >= 15 is 0 Å². The van der Waals surface area contributed by atoms with Crippen LogP contribution in [0.15, 0.2) is 78.9 Å². The highest BCUT2D eigenvalue weighted by Gasteiger charge is 2.28. The molecule has 10 heteroatoms. The van der Waals surface area contributed by atoms with Gasteiger partial charge in [-0.1, -0.05) is 48.5 Å². The van der Waals surface area contributed by atoms with Crippen LogP contribution >= 0.6 is 0 Å². The number of anilines is 3. The fourth-order valence-electron chi connectivity index (χ4n) is 4.33. The molecular formula is C30H35N5O4S. The molecular weight excluding hydrogens is 526 g/mol. The normalized spacial score (nSPS) is 14.0. The topological polar surface area (TPSA) is 102 Å². The lowest BCUT2D eigenvalue weighted by atomic mass is 10.00. The average molecular weight is 562 g/mol. The molecule has 3 aromatic carbocycles. The zero-order valence-electron chi connectivity index (χ0n) is 23.2. The molecule has 0 saturated heterocycles. The molecule has 0 unspecified atom stereocenters. The molecule has 0 aromatic heterocycles. The molecule has 0 aliphatic carbocycles. The average Bonchev–Trinajstić information content (AvgIpc) is 3.29. The first kappa shape index (κ1) is 28.8. The number of nitrogens with zero attached hydrogens (tertiary/aromatic N) is 3. The number of amides is 2. The van der Waals surface area contributed by atoms with Crippen molar-refractivity contribution in [1.82, 2.24) is 9.80 Å². The van der Waals surface area contributed by atoms with Crippen molar-refractivity contribution in [1.29, 1.82) is 0 Å². The zero-order valence-corrected chi connectivity index (χ0v) is 24.0. The summed E-state index contributed by atoms with van der Waals surface area (Å²) in [5, 5.41) is 6.31. The quantitative estimate of drug-likeness (QED) is 0.346. The van der Waals surface area contributed by atoms with Crippen LogP contribution in [0.25, 0.3) is 11.3 Å². The van der Waals surface area contributed by atoms with Crippen LogP contribution in [0.3, 0.4) is 0 Å². The van der Waals surface area contributed by atoms with E-state index in [1.54, 1.807) is 38.2 Å². The molecule has 0 radical (unpaired) electrons. The van der Waals surface area contributed by atoms with Gasteiger partial charge in [-0.05, 0) is 56.9 Å². The number of sulfonamides is 1. The standard InChI is InChI=1S/C30H35N5O4S/c1-5-40(38,39)35(21-27(36)34(4)20-19-33(2)3)24-17-15-23(16-18-24)31-29(22-11-7-6-8-12-22)28-25-13-9-10-14-26(25)32-30(28)37/h6-18,31H,5,19-21H2,1-4H3,(H,32,37)/b29-28-. The van der Waals surface area contributed by atoms with Crippen LogP contribution in [0.2, 0.25) is 0 Å². The van der Waals surface area contributed by atoms with E-state index < -0.39 is 10.0 Å². The van der Waals surface area contributed by atoms with Crippen LogP contribution < -0.4 is 14.9 Å². The van der Waals surface area contributed by atoms with Crippen molar-refractivity contribution in [2.45, 2.75) is 6.92 Å². The molecule has 9 nitrogen and oxygen atoms in total. The molecule has 1 aliphatic rings. The predicted octanol–water partition coefficient (Wildman–Crippen LogP) is 3.80. The first-order valence-electron chi connectivity index (χ1n) is 13.1. The van der Waals surface area contributed by atoms with Crippen LogP contribution in [0.1, 0.15) is 18.1 Å². The van der Waals surface area contributed by atoms with Crippen molar-refractivity contribution >= 4 is 50.2 Å². The maximum Gasteiger partial charge on any atom is 0.258 e. The largest absolute Gasteiger partial charge is 0.354 e. The van der Waals surface area contributed by atoms with E-state index in [1.165, 1.54) is 4.90 Å². The predicted molar refractivity (Wildman–Crippen MR) is 161 cm³/mol. The monoisotopic (exact) mass is 561 g/mol. The first-order valence-corrected chi connectivity index (χ1v) is 14.7. The van der Waals surface area contributed by atoms with Gasteiger partial charge >= 0.3 is 0 Å². The molecule has 1 aliphatic heterocycles. The SMILES string of the molecule is CCS(=O)(=O)N(CC(=O)N(C)CCN(C)C)c1ccc(N/C(=C2\C(=O)Nc3ccccc32)c2ccccc2)cc1. The molecule has 0 spiro atoms. The molecule has 0 atom stereocenters. The van der Waals surface area contributed by atoms with Gasteiger partial charge in [0.15, 0.2) is 0 Å². The minimum Gasteiger partial charge on any atom is -0.354 e. The summed E-state index contributed by atoms with van der Waals surface area (Å²) in [4.78, 5) is 29.4. The molecule has 1 heterocycles. The molecule has 3 aromatic rings. The minimum absolute atomic E-state index is 0.138. The van der Waals surface area contributed by atoms with E-state index in [9.17, 15) is 18.0 Å². The van der Waals surface area contributed by atoms with Gasteiger partial charge in [0, 0.05) is 37.1 Å². The second-order valence-corrected chi connectivity index (χ2v) is 12.0. The Hall–Kier alpha value is -4.15. The van der Waals surface area contributed by atoms with Gasteiger partial charge in [-0.25, -0.2) is 8.42 Å². The summed E-state index contributed by atoms with van der Waals surface area (Å²) in [5.74, 6) is -0.634. The van der Waals surface area contributed by atoms with Crippen LogP contribution in [0, 0.1) is 0 Å². The van der Waals surface area contributed by atoms with Gasteiger partial charge in [0.05, 0.1) is 22.7 Å². The number of hydrogen-bond acceptors (Lipinski definition) is 6. The van der Waals surface area contributed by atoms with Gasteiger partial charge in [-0.15, -0.1) is 0 Å². The molecule has 40 heavy (non-hydrogen) atoms. The van der Waals surface area contributed by atoms with Gasteiger partial charge in [0.2, 0.25) is 15.9 Å². The fraction of sp³-hybridized carbons (Fsp3) is 0.267. The van der Waals surface area contributed by atoms with Crippen molar-refractivity contribution in [3.8, 4) is 0 Å². The van der Waals surface area contributed by atoms with E-state index in [2.05, 4.69) is 10.6 Å². The lowest BCUT2D eigenvalue weighted by Crippen LogP contribution is -2.43. The van der Waals surface area contributed by atoms with Crippen molar-refractivity contribution in [2.75, 3.05) is 61.5 Å². The van der Waals surface area contributed by atoms with Crippen molar-refractivity contribution in [3.63, 3.8) is 0 Å². The maximum absolute atomic E-state index is 13.0. The third-order valence-corrected chi connectivity index (χ3v) is 8.44. The van der Waals surface area contributed by atoms with Crippen LogP contribution in [-0.2, 0) is 19.6 Å². The highest BCUT2D eigenvalue weighted by molar-refractivity contribution is 7.92. The van der Waals surface area contributed by atoms with E-state index in [0.29, 0.717) is 35.7 Å². The number of carbonyl (C=O) groups is 2. The minimum atomic E-state index is -3.71. The summed E-state index contributed by atoms with van der Waals surface area (Å²) in [7, 11) is 1.79. The molecule has 2 N–H and O–H groups in total. The number of likely N-dealkylation sites (N-methyl/N-ethyl adjacent to an activating group) is 2. The fourth-order valence-corrected chi connectivity index (χ4v) is 5.39. The second-order valence-electron chi connectivity index (χ2n) is 9.81. The lowest BCUT2D eigenvalue weighted by Gasteiger charge is -2.27. The Balaban J connectivity index is 1.65. The van der Waals surface area contributed by atoms with E-state index in [1.807, 2.05) is 73.6 Å². The van der Waals surface area contributed by atoms with E-state index in [4.69, 9.17) is 0 Å². The number of hydrogen-bond donors (Lipinski definition) is 2. The summed E-state index contributed by atoms with van der Waals surface area (Å²) in [6, 6.07) is 23.9. The number of carbonyl (C=O) groups excluding carboxylic acids is 2. The summed E-state index contributed by atoms with van der Waals surface area (Å²) in [5.41, 5.74) is 4.57. The molecule has 4 rings (SSSR count). The highest BCUT2D eigenvalue weighted by atomic mass is 32.2. The van der Waals surface area contributed by atoms with Crippen LogP contribution in [0.5, 0.6) is 0 Å². The summed E-state index contributed by atoms with van der Waals surface area (Å²) in [6.07, 6.45) is 0. The van der Waals surface area contributed by atoms with Gasteiger partial charge < -0.3 is 20.4 Å². The Morgan fingerprint density at radius 2 is 1.52 bits per heavy atom. The van der Waals surface area contributed by atoms with Crippen LogP contribution in [-0.4, -0.2) is 76.6 Å². The number of benzene rings is 3. The van der Waals surface area contributed by atoms with Crippen molar-refractivity contribution in [2.24, 2.45) is 0 Å². The number of para-hydroxylation sites is 1. The van der Waals surface area contributed by atoms with E-state index in [0.717, 1.165) is 21.1 Å². The Morgan fingerprint density at radius 3 is 2.17 bits per heavy atom. The number of nitrogens with one attached hydrogen (secondary N) is 2. The van der Waals surface area contributed by atoms with Gasteiger partial charge in [-0.3, -0.25) is 13.9 Å². The van der Waals surface area contributed by atoms with Gasteiger partial charge in [-0.2, -0.15) is 0 Å². The molecule has 0 fully saturated rings. The molecule has 2 amide bonds. The number of fused-ring (bicyclic) bond motifs is 1. The zero-order chi connectivity index (χ0) is 28.9. The summed E-state index contributed by atoms with van der Waals surface area (Å²) in [6.45, 7) is 2.43. The van der Waals surface area contributed by atoms with Crippen LogP contribution in [0.4, 0.5) is 17.1 Å². The number of rotatable bonds is 11. The Labute approximate surface area is 236 Å². The van der Waals surface area contributed by atoms with Gasteiger partial charge in [0.1, 0.15) is 6.54 Å². The Kier molecular flexibility index (Phi) is 8.91. The lowest BCUT2D eigenvalue weighted by molar-refractivity contribution is -0.128. The Bertz CT molecular complexity index is 1500.